The van der Waals surface area contributed by atoms with Crippen LogP contribution in [0.15, 0.2) is 47.5 Å². The molecule has 1 aliphatic heterocycles. The number of carbonyl (C=O) groups is 1. The Hall–Kier alpha value is -2.05. The maximum Gasteiger partial charge on any atom is 0.270 e. The highest BCUT2D eigenvalue weighted by molar-refractivity contribution is 8.27. The first-order valence-corrected chi connectivity index (χ1v) is 7.47. The summed E-state index contributed by atoms with van der Waals surface area (Å²) < 4.78 is 5.65. The smallest absolute Gasteiger partial charge is 0.270 e. The van der Waals surface area contributed by atoms with Crippen LogP contribution in [0.5, 0.6) is 5.75 Å². The van der Waals surface area contributed by atoms with Crippen LogP contribution in [0, 0.1) is 0 Å². The Bertz CT molecular complexity index is 706. The number of aromatic nitrogens is 1. The van der Waals surface area contributed by atoms with Gasteiger partial charge in [0.05, 0.1) is 17.7 Å². The molecule has 1 aromatic carbocycles. The Kier molecular flexibility index (Phi) is 3.81. The minimum atomic E-state index is -0.107. The lowest BCUT2D eigenvalue weighted by Crippen LogP contribution is -2.27. The fraction of sp³-hybridized carbons (Fsp3) is 0.0667. The number of H-pyrrole nitrogens is 1. The van der Waals surface area contributed by atoms with E-state index in [-0.39, 0.29) is 5.91 Å². The van der Waals surface area contributed by atoms with Gasteiger partial charge in [0.15, 0.2) is 4.32 Å². The van der Waals surface area contributed by atoms with E-state index in [2.05, 4.69) is 4.98 Å². The van der Waals surface area contributed by atoms with Crippen LogP contribution in [-0.4, -0.2) is 22.3 Å². The van der Waals surface area contributed by atoms with Gasteiger partial charge in [-0.05, 0) is 42.5 Å². The molecule has 0 atom stereocenters. The number of hydrogen-bond donors (Lipinski definition) is 1. The Morgan fingerprint density at radius 1 is 1.29 bits per heavy atom. The number of anilines is 1. The van der Waals surface area contributed by atoms with Crippen LogP contribution in [0.2, 0.25) is 0 Å². The number of rotatable bonds is 3. The van der Waals surface area contributed by atoms with E-state index in [4.69, 9.17) is 17.0 Å². The maximum atomic E-state index is 12.5. The molecular weight excluding hydrogens is 304 g/mol. The topological polar surface area (TPSA) is 45.3 Å². The summed E-state index contributed by atoms with van der Waals surface area (Å²) >= 11 is 6.62. The summed E-state index contributed by atoms with van der Waals surface area (Å²) in [5.74, 6) is 0.635. The average molecular weight is 316 g/mol. The van der Waals surface area contributed by atoms with Gasteiger partial charge in [-0.3, -0.25) is 9.69 Å². The highest BCUT2D eigenvalue weighted by atomic mass is 32.2. The number of nitrogens with zero attached hydrogens (tertiary/aromatic N) is 1. The van der Waals surface area contributed by atoms with Crippen LogP contribution >= 0.6 is 24.0 Å². The number of carbonyl (C=O) groups excluding carboxylic acids is 1. The first-order valence-electron chi connectivity index (χ1n) is 6.24. The van der Waals surface area contributed by atoms with Crippen molar-refractivity contribution in [1.29, 1.82) is 0 Å². The number of thiocarbonyl (C=S) groups is 1. The van der Waals surface area contributed by atoms with E-state index in [0.717, 1.165) is 17.1 Å². The van der Waals surface area contributed by atoms with Gasteiger partial charge in [0.1, 0.15) is 5.75 Å². The van der Waals surface area contributed by atoms with Gasteiger partial charge in [0.25, 0.3) is 5.91 Å². The first-order chi connectivity index (χ1) is 10.2. The van der Waals surface area contributed by atoms with E-state index < -0.39 is 0 Å². The van der Waals surface area contributed by atoms with Crippen LogP contribution in [-0.2, 0) is 4.79 Å². The van der Waals surface area contributed by atoms with E-state index in [1.807, 2.05) is 48.7 Å². The SMILES string of the molecule is COc1ccc(N2C(=O)/C(=C/c3ccc[nH]3)SC2=S)cc1. The molecular formula is C15H12N2O2S2. The molecule has 2 aromatic rings. The Balaban J connectivity index is 1.90. The van der Waals surface area contributed by atoms with Crippen molar-refractivity contribution >= 4 is 46.0 Å². The van der Waals surface area contributed by atoms with Gasteiger partial charge < -0.3 is 9.72 Å². The van der Waals surface area contributed by atoms with E-state index in [9.17, 15) is 4.79 Å². The molecule has 21 heavy (non-hydrogen) atoms. The summed E-state index contributed by atoms with van der Waals surface area (Å²) in [4.78, 5) is 17.7. The predicted octanol–water partition coefficient (Wildman–Crippen LogP) is 3.43. The van der Waals surface area contributed by atoms with Crippen LogP contribution in [0.4, 0.5) is 5.69 Å². The standard InChI is InChI=1S/C15H12N2O2S2/c1-19-12-6-4-11(5-7-12)17-14(18)13(21-15(17)20)9-10-3-2-8-16-10/h2-9,16H,1H3/b13-9-. The molecule has 0 spiro atoms. The van der Waals surface area contributed by atoms with Gasteiger partial charge >= 0.3 is 0 Å². The minimum Gasteiger partial charge on any atom is -0.497 e. The van der Waals surface area contributed by atoms with Gasteiger partial charge in [-0.15, -0.1) is 0 Å². The van der Waals surface area contributed by atoms with Gasteiger partial charge in [-0.25, -0.2) is 0 Å². The summed E-state index contributed by atoms with van der Waals surface area (Å²) in [5.41, 5.74) is 1.62. The van der Waals surface area contributed by atoms with Crippen molar-refractivity contribution in [2.45, 2.75) is 0 Å². The summed E-state index contributed by atoms with van der Waals surface area (Å²) in [6.45, 7) is 0. The molecule has 1 N–H and O–H groups in total. The number of amides is 1. The van der Waals surface area contributed by atoms with Gasteiger partial charge in [0.2, 0.25) is 0 Å². The summed E-state index contributed by atoms with van der Waals surface area (Å²) in [5, 5.41) is 0. The lowest BCUT2D eigenvalue weighted by molar-refractivity contribution is -0.113. The van der Waals surface area contributed by atoms with E-state index >= 15 is 0 Å². The fourth-order valence-electron chi connectivity index (χ4n) is 2.00. The highest BCUT2D eigenvalue weighted by Gasteiger charge is 2.33. The first kappa shape index (κ1) is 13.9. The van der Waals surface area contributed by atoms with Crippen molar-refractivity contribution in [1.82, 2.24) is 4.98 Å². The second-order valence-corrected chi connectivity index (χ2v) is 6.02. The van der Waals surface area contributed by atoms with E-state index in [1.165, 1.54) is 16.7 Å². The molecule has 0 bridgehead atoms. The van der Waals surface area contributed by atoms with Gasteiger partial charge in [0, 0.05) is 11.9 Å². The molecule has 1 fully saturated rings. The Morgan fingerprint density at radius 3 is 2.67 bits per heavy atom. The summed E-state index contributed by atoms with van der Waals surface area (Å²) in [6.07, 6.45) is 3.62. The molecule has 1 aliphatic rings. The molecule has 1 saturated heterocycles. The summed E-state index contributed by atoms with van der Waals surface area (Å²) in [7, 11) is 1.60. The largest absolute Gasteiger partial charge is 0.497 e. The molecule has 6 heteroatoms. The second-order valence-electron chi connectivity index (χ2n) is 4.34. The number of aromatic amines is 1. The van der Waals surface area contributed by atoms with Gasteiger partial charge in [-0.1, -0.05) is 24.0 Å². The number of benzene rings is 1. The van der Waals surface area contributed by atoms with Crippen molar-refractivity contribution in [2.75, 3.05) is 12.0 Å². The molecule has 0 aliphatic carbocycles. The third-order valence-corrected chi connectivity index (χ3v) is 4.34. The van der Waals surface area contributed by atoms with Crippen LogP contribution in [0.25, 0.3) is 6.08 Å². The van der Waals surface area contributed by atoms with Crippen molar-refractivity contribution in [3.63, 3.8) is 0 Å². The quantitative estimate of drug-likeness (QED) is 0.696. The molecule has 4 nitrogen and oxygen atoms in total. The zero-order valence-electron chi connectivity index (χ0n) is 11.2. The third kappa shape index (κ3) is 2.72. The van der Waals surface area contributed by atoms with Crippen LogP contribution in [0.3, 0.4) is 0 Å². The molecule has 1 aromatic heterocycles. The normalized spacial score (nSPS) is 16.8. The van der Waals surface area contributed by atoms with Gasteiger partial charge in [-0.2, -0.15) is 0 Å². The molecule has 0 radical (unpaired) electrons. The lowest BCUT2D eigenvalue weighted by Gasteiger charge is -2.14. The Labute approximate surface area is 131 Å². The van der Waals surface area contributed by atoms with E-state index in [1.54, 1.807) is 7.11 Å². The monoisotopic (exact) mass is 316 g/mol. The highest BCUT2D eigenvalue weighted by Crippen LogP contribution is 2.36. The average Bonchev–Trinajstić information content (AvgIpc) is 3.09. The number of methoxy groups -OCH3 is 1. The fourth-order valence-corrected chi connectivity index (χ4v) is 3.29. The van der Waals surface area contributed by atoms with Crippen molar-refractivity contribution in [2.24, 2.45) is 0 Å². The molecule has 1 amide bonds. The second kappa shape index (κ2) is 5.75. The van der Waals surface area contributed by atoms with E-state index in [0.29, 0.717) is 9.23 Å². The third-order valence-electron chi connectivity index (χ3n) is 3.03. The van der Waals surface area contributed by atoms with Crippen molar-refractivity contribution < 1.29 is 9.53 Å². The number of ether oxygens (including phenoxy) is 1. The Morgan fingerprint density at radius 2 is 2.05 bits per heavy atom. The lowest BCUT2D eigenvalue weighted by atomic mass is 10.2. The molecule has 0 unspecified atom stereocenters. The predicted molar refractivity (Wildman–Crippen MR) is 89.4 cm³/mol. The molecule has 0 saturated carbocycles. The minimum absolute atomic E-state index is 0.107. The maximum absolute atomic E-state index is 12.5. The zero-order chi connectivity index (χ0) is 14.8. The number of nitrogens with one attached hydrogen (secondary N) is 1. The van der Waals surface area contributed by atoms with Crippen molar-refractivity contribution in [3.05, 3.63) is 53.2 Å². The molecule has 2 heterocycles. The number of thioether (sulfide) groups is 1. The van der Waals surface area contributed by atoms with Crippen LogP contribution in [0.1, 0.15) is 5.69 Å². The zero-order valence-corrected chi connectivity index (χ0v) is 12.8. The summed E-state index contributed by atoms with van der Waals surface area (Å²) in [6, 6.07) is 11.0. The van der Waals surface area contributed by atoms with Crippen LogP contribution < -0.4 is 9.64 Å². The molecule has 3 rings (SSSR count). The molecule has 106 valence electrons. The number of hydrogen-bond acceptors (Lipinski definition) is 4. The van der Waals surface area contributed by atoms with Crippen molar-refractivity contribution in [3.8, 4) is 5.75 Å².